The van der Waals surface area contributed by atoms with E-state index in [1.54, 1.807) is 0 Å². The van der Waals surface area contributed by atoms with Crippen molar-refractivity contribution in [2.45, 2.75) is 200 Å². The van der Waals surface area contributed by atoms with Crippen LogP contribution in [0.25, 0.3) is 0 Å². The third-order valence-electron chi connectivity index (χ3n) is 8.26. The monoisotopic (exact) mass is 644 g/mol. The molecule has 6 nitrogen and oxygen atoms in total. The number of unbranched alkanes of at least 4 members (excludes halogenated alkanes) is 24. The fourth-order valence-electron chi connectivity index (χ4n) is 5.46. The zero-order valence-corrected chi connectivity index (χ0v) is 30.0. The van der Waals surface area contributed by atoms with Gasteiger partial charge in [0, 0.05) is 17.6 Å². The number of hydrogen-bond donors (Lipinski definition) is 1. The molecule has 1 N–H and O–H groups in total. The molecule has 0 rings (SSSR count). The van der Waals surface area contributed by atoms with Gasteiger partial charge in [0.2, 0.25) is 0 Å². The first-order chi connectivity index (χ1) is 21.6. The molecule has 0 aromatic heterocycles. The number of allylic oxidation sites excluding steroid dienone is 2. The molecule has 0 aliphatic heterocycles. The molecule has 0 bridgehead atoms. The molecule has 260 valence electrons. The molecule has 0 saturated carbocycles. The summed E-state index contributed by atoms with van der Waals surface area (Å²) in [7, 11) is -2.73. The topological polar surface area (TPSA) is 82.1 Å². The van der Waals surface area contributed by atoms with Crippen LogP contribution in [0.5, 0.6) is 0 Å². The van der Waals surface area contributed by atoms with Crippen LogP contribution in [0.15, 0.2) is 12.2 Å². The van der Waals surface area contributed by atoms with E-state index in [9.17, 15) is 9.36 Å². The average molecular weight is 644 g/mol. The number of esters is 1. The lowest BCUT2D eigenvalue weighted by Crippen LogP contribution is -2.28. The maximum absolute atomic E-state index is 12.3. The summed E-state index contributed by atoms with van der Waals surface area (Å²) in [6, 6.07) is 0. The summed E-state index contributed by atoms with van der Waals surface area (Å²) < 4.78 is 27.0. The van der Waals surface area contributed by atoms with Gasteiger partial charge in [-0.15, -0.1) is 9.42 Å². The van der Waals surface area contributed by atoms with Crippen LogP contribution in [0.2, 0.25) is 0 Å². The van der Waals surface area contributed by atoms with Crippen LogP contribution in [0.4, 0.5) is 0 Å². The summed E-state index contributed by atoms with van der Waals surface area (Å²) in [6.07, 6.45) is 38.5. The van der Waals surface area contributed by atoms with Crippen LogP contribution < -0.4 is 0 Å². The lowest BCUT2D eigenvalue weighted by Gasteiger charge is -2.15. The van der Waals surface area contributed by atoms with Crippen molar-refractivity contribution in [1.82, 2.24) is 0 Å². The van der Waals surface area contributed by atoms with Gasteiger partial charge >= 0.3 is 14.2 Å². The first-order valence-electron chi connectivity index (χ1n) is 18.8. The van der Waals surface area contributed by atoms with Gasteiger partial charge in [0.05, 0.1) is 6.61 Å². The molecule has 44 heavy (non-hydrogen) atoms. The second kappa shape index (κ2) is 36.7. The summed E-state index contributed by atoms with van der Waals surface area (Å²) in [5.41, 5.74) is 0. The highest BCUT2D eigenvalue weighted by atomic mass is 31.1. The molecule has 0 aliphatic rings. The van der Waals surface area contributed by atoms with Crippen molar-refractivity contribution < 1.29 is 28.3 Å². The Labute approximate surface area is 273 Å². The van der Waals surface area contributed by atoms with E-state index in [1.165, 1.54) is 135 Å². The summed E-state index contributed by atoms with van der Waals surface area (Å²) in [4.78, 5) is 21.3. The fraction of sp³-hybridized carbons (Fsp3) is 0.919. The molecule has 0 aliphatic carbocycles. The standard InChI is InChI=1S/C37H71O6P/c1-3-5-7-9-11-13-15-17-19-20-22-24-26-28-30-32-37(38)43-36(35-42-44(39)40)34-41-33-31-29-27-25-23-21-18-16-14-12-10-8-6-4-2/h17,19,36H,3-16,18,20-35H2,1-2H3/p+1/b19-17+/t36-/m0/s1. The second-order valence-corrected chi connectivity index (χ2v) is 13.4. The smallest absolute Gasteiger partial charge is 0.457 e. The maximum atomic E-state index is 12.3. The maximum Gasteiger partial charge on any atom is 0.694 e. The van der Waals surface area contributed by atoms with E-state index in [-0.39, 0.29) is 19.2 Å². The molecular formula is C37H72O6P+. The predicted octanol–water partition coefficient (Wildman–Crippen LogP) is 12.1. The van der Waals surface area contributed by atoms with E-state index < -0.39 is 14.4 Å². The number of ether oxygens (including phenoxy) is 2. The van der Waals surface area contributed by atoms with Crippen molar-refractivity contribution in [3.63, 3.8) is 0 Å². The number of rotatable bonds is 36. The first kappa shape index (κ1) is 43.2. The second-order valence-electron chi connectivity index (χ2n) is 12.7. The van der Waals surface area contributed by atoms with Crippen molar-refractivity contribution >= 4 is 14.2 Å². The molecule has 0 spiro atoms. The molecule has 0 amide bonds. The van der Waals surface area contributed by atoms with Crippen LogP contribution in [0, 0.1) is 0 Å². The number of hydrogen-bond acceptors (Lipinski definition) is 5. The summed E-state index contributed by atoms with van der Waals surface area (Å²) >= 11 is 0. The van der Waals surface area contributed by atoms with Gasteiger partial charge in [-0.3, -0.25) is 4.79 Å². The molecule has 0 saturated heterocycles. The molecule has 0 radical (unpaired) electrons. The van der Waals surface area contributed by atoms with Crippen LogP contribution in [-0.2, 0) is 23.4 Å². The van der Waals surface area contributed by atoms with Crippen molar-refractivity contribution in [2.75, 3.05) is 19.8 Å². The van der Waals surface area contributed by atoms with Crippen LogP contribution >= 0.6 is 8.25 Å². The molecular weight excluding hydrogens is 571 g/mol. The zero-order chi connectivity index (χ0) is 32.2. The fourth-order valence-corrected chi connectivity index (χ4v) is 5.76. The van der Waals surface area contributed by atoms with Crippen LogP contribution in [-0.4, -0.2) is 36.8 Å². The van der Waals surface area contributed by atoms with E-state index in [0.717, 1.165) is 38.5 Å². The minimum Gasteiger partial charge on any atom is -0.457 e. The Kier molecular flexibility index (Phi) is 36.0. The van der Waals surface area contributed by atoms with Gasteiger partial charge < -0.3 is 9.47 Å². The van der Waals surface area contributed by atoms with Gasteiger partial charge in [-0.2, -0.15) is 0 Å². The van der Waals surface area contributed by atoms with E-state index >= 15 is 0 Å². The third kappa shape index (κ3) is 35.7. The molecule has 2 atom stereocenters. The van der Waals surface area contributed by atoms with Gasteiger partial charge in [-0.25, -0.2) is 0 Å². The quantitative estimate of drug-likeness (QED) is 0.0316. The van der Waals surface area contributed by atoms with Crippen LogP contribution in [0.1, 0.15) is 194 Å². The number of carbonyl (C=O) groups excluding carboxylic acids is 1. The Morgan fingerprint density at radius 2 is 1.00 bits per heavy atom. The largest absolute Gasteiger partial charge is 0.694 e. The van der Waals surface area contributed by atoms with Crippen molar-refractivity contribution in [3.05, 3.63) is 12.2 Å². The molecule has 1 unspecified atom stereocenters. The summed E-state index contributed by atoms with van der Waals surface area (Å²) in [5, 5.41) is 0. The van der Waals surface area contributed by atoms with Crippen molar-refractivity contribution in [1.29, 1.82) is 0 Å². The lowest BCUT2D eigenvalue weighted by atomic mass is 10.0. The molecule has 0 aromatic carbocycles. The van der Waals surface area contributed by atoms with Gasteiger partial charge in [-0.05, 0) is 38.5 Å². The first-order valence-corrected chi connectivity index (χ1v) is 19.9. The minimum atomic E-state index is -2.73. The third-order valence-corrected chi connectivity index (χ3v) is 8.63. The Morgan fingerprint density at radius 3 is 1.45 bits per heavy atom. The molecule has 0 fully saturated rings. The van der Waals surface area contributed by atoms with Gasteiger partial charge in [0.1, 0.15) is 6.61 Å². The van der Waals surface area contributed by atoms with Gasteiger partial charge in [-0.1, -0.05) is 161 Å². The Morgan fingerprint density at radius 1 is 0.591 bits per heavy atom. The van der Waals surface area contributed by atoms with E-state index in [2.05, 4.69) is 26.0 Å². The van der Waals surface area contributed by atoms with Crippen LogP contribution in [0.3, 0.4) is 0 Å². The minimum absolute atomic E-state index is 0.122. The molecule has 0 heterocycles. The molecule has 7 heteroatoms. The SMILES string of the molecule is CCCCCCCC/C=C/CCCCCCCC(=O)O[C@@H](COCCCCCCCCCCCCCCCC)CO[P+](=O)O. The normalized spacial score (nSPS) is 12.7. The van der Waals surface area contributed by atoms with E-state index in [1.807, 2.05) is 0 Å². The Balaban J connectivity index is 3.72. The van der Waals surface area contributed by atoms with E-state index in [0.29, 0.717) is 13.0 Å². The summed E-state index contributed by atoms with van der Waals surface area (Å²) in [6.45, 7) is 5.20. The number of carbonyl (C=O) groups is 1. The Bertz CT molecular complexity index is 641. The van der Waals surface area contributed by atoms with Crippen molar-refractivity contribution in [3.8, 4) is 0 Å². The highest BCUT2D eigenvalue weighted by Crippen LogP contribution is 2.17. The van der Waals surface area contributed by atoms with Crippen molar-refractivity contribution in [2.24, 2.45) is 0 Å². The highest BCUT2D eigenvalue weighted by Gasteiger charge is 2.22. The highest BCUT2D eigenvalue weighted by molar-refractivity contribution is 7.32. The predicted molar refractivity (Wildman–Crippen MR) is 186 cm³/mol. The lowest BCUT2D eigenvalue weighted by molar-refractivity contribution is -0.154. The molecule has 0 aromatic rings. The Hall–Kier alpha value is -0.810. The van der Waals surface area contributed by atoms with Gasteiger partial charge in [0.25, 0.3) is 0 Å². The summed E-state index contributed by atoms with van der Waals surface area (Å²) in [5.74, 6) is -0.288. The van der Waals surface area contributed by atoms with Gasteiger partial charge in [0.15, 0.2) is 6.10 Å². The van der Waals surface area contributed by atoms with E-state index in [4.69, 9.17) is 18.9 Å². The average Bonchev–Trinajstić information content (AvgIpc) is 3.01. The zero-order valence-electron chi connectivity index (χ0n) is 29.1.